The fourth-order valence-corrected chi connectivity index (χ4v) is 3.58. The molecule has 0 saturated carbocycles. The van der Waals surface area contributed by atoms with Crippen molar-refractivity contribution in [2.45, 2.75) is 0 Å². The van der Waals surface area contributed by atoms with E-state index in [1.807, 2.05) is 24.3 Å². The van der Waals surface area contributed by atoms with Crippen LogP contribution in [0.5, 0.6) is 5.75 Å². The van der Waals surface area contributed by atoms with Crippen molar-refractivity contribution in [3.63, 3.8) is 0 Å². The summed E-state index contributed by atoms with van der Waals surface area (Å²) in [5, 5.41) is 4.00. The predicted molar refractivity (Wildman–Crippen MR) is 101 cm³/mol. The van der Waals surface area contributed by atoms with Gasteiger partial charge in [0.2, 0.25) is 0 Å². The summed E-state index contributed by atoms with van der Waals surface area (Å²) in [5.41, 5.74) is 3.39. The van der Waals surface area contributed by atoms with Crippen molar-refractivity contribution in [2.24, 2.45) is 0 Å². The summed E-state index contributed by atoms with van der Waals surface area (Å²) in [6.45, 7) is 0. The molecule has 132 valence electrons. The molecular formula is C21H14N2O4. The van der Waals surface area contributed by atoms with Gasteiger partial charge < -0.3 is 14.1 Å². The minimum Gasteiger partial charge on any atom is -0.497 e. The van der Waals surface area contributed by atoms with Gasteiger partial charge in [-0.25, -0.2) is 0 Å². The number of aromatic amines is 1. The molecule has 4 aromatic rings. The van der Waals surface area contributed by atoms with Crippen LogP contribution in [0.2, 0.25) is 0 Å². The Bertz CT molecular complexity index is 1280. The summed E-state index contributed by atoms with van der Waals surface area (Å²) >= 11 is 0. The lowest BCUT2D eigenvalue weighted by Crippen LogP contribution is -2.22. The lowest BCUT2D eigenvalue weighted by atomic mass is 9.95. The highest BCUT2D eigenvalue weighted by atomic mass is 16.5. The third-order valence-electron chi connectivity index (χ3n) is 4.84. The van der Waals surface area contributed by atoms with E-state index in [4.69, 9.17) is 9.15 Å². The number of amides is 2. The van der Waals surface area contributed by atoms with E-state index < -0.39 is 11.8 Å². The van der Waals surface area contributed by atoms with Crippen molar-refractivity contribution in [2.75, 3.05) is 7.11 Å². The standard InChI is InChI=1S/C21H14N2O4/c1-26-11-6-7-17-13(8-11)15(10-27-17)19-18(20(24)23-21(19)25)14-9-22-16-5-3-2-4-12(14)16/h2-10,22H,1H3,(H,23,24,25). The number of benzene rings is 2. The second kappa shape index (κ2) is 5.60. The molecule has 27 heavy (non-hydrogen) atoms. The van der Waals surface area contributed by atoms with E-state index in [1.54, 1.807) is 31.5 Å². The Morgan fingerprint density at radius 1 is 0.926 bits per heavy atom. The second-order valence-corrected chi connectivity index (χ2v) is 6.29. The molecule has 0 bridgehead atoms. The molecule has 0 unspecified atom stereocenters. The van der Waals surface area contributed by atoms with E-state index in [1.165, 1.54) is 6.26 Å². The maximum Gasteiger partial charge on any atom is 0.259 e. The number of rotatable bonds is 3. The number of methoxy groups -OCH3 is 1. The maximum atomic E-state index is 12.7. The Hall–Kier alpha value is -3.80. The zero-order valence-electron chi connectivity index (χ0n) is 14.3. The minimum absolute atomic E-state index is 0.303. The molecule has 2 amide bonds. The van der Waals surface area contributed by atoms with Crippen LogP contribution in [-0.2, 0) is 9.59 Å². The van der Waals surface area contributed by atoms with Gasteiger partial charge in [-0.2, -0.15) is 0 Å². The Morgan fingerprint density at radius 2 is 1.70 bits per heavy atom. The molecule has 0 aliphatic carbocycles. The molecule has 0 spiro atoms. The summed E-state index contributed by atoms with van der Waals surface area (Å²) in [6.07, 6.45) is 3.26. The number of ether oxygens (including phenoxy) is 1. The van der Waals surface area contributed by atoms with Crippen LogP contribution in [0.3, 0.4) is 0 Å². The summed E-state index contributed by atoms with van der Waals surface area (Å²) in [5.74, 6) is -0.216. The molecule has 3 heterocycles. The van der Waals surface area contributed by atoms with Crippen molar-refractivity contribution in [1.29, 1.82) is 0 Å². The van der Waals surface area contributed by atoms with Crippen LogP contribution in [0.4, 0.5) is 0 Å². The number of carbonyl (C=O) groups excluding carboxylic acids is 2. The number of nitrogens with one attached hydrogen (secondary N) is 2. The summed E-state index contributed by atoms with van der Waals surface area (Å²) < 4.78 is 10.9. The van der Waals surface area contributed by atoms with Gasteiger partial charge in [0.25, 0.3) is 11.8 Å². The molecule has 0 atom stereocenters. The molecule has 2 N–H and O–H groups in total. The van der Waals surface area contributed by atoms with Gasteiger partial charge >= 0.3 is 0 Å². The number of aromatic nitrogens is 1. The fraction of sp³-hybridized carbons (Fsp3) is 0.0476. The first-order chi connectivity index (χ1) is 13.2. The van der Waals surface area contributed by atoms with E-state index in [9.17, 15) is 9.59 Å². The zero-order chi connectivity index (χ0) is 18.5. The van der Waals surface area contributed by atoms with E-state index in [0.717, 1.165) is 10.9 Å². The van der Waals surface area contributed by atoms with Crippen LogP contribution in [0, 0.1) is 0 Å². The monoisotopic (exact) mass is 358 g/mol. The number of fused-ring (bicyclic) bond motifs is 2. The molecule has 5 rings (SSSR count). The molecule has 6 nitrogen and oxygen atoms in total. The SMILES string of the molecule is COc1ccc2occ(C3=C(c4c[nH]c5ccccc45)C(=O)NC3=O)c2c1. The van der Waals surface area contributed by atoms with Gasteiger partial charge in [-0.3, -0.25) is 14.9 Å². The third kappa shape index (κ3) is 2.20. The first-order valence-corrected chi connectivity index (χ1v) is 8.39. The zero-order valence-corrected chi connectivity index (χ0v) is 14.3. The Labute approximate surface area is 153 Å². The Kier molecular flexibility index (Phi) is 3.21. The van der Waals surface area contributed by atoms with Crippen LogP contribution in [-0.4, -0.2) is 23.9 Å². The van der Waals surface area contributed by atoms with E-state index in [2.05, 4.69) is 10.3 Å². The van der Waals surface area contributed by atoms with Gasteiger partial charge in [0, 0.05) is 33.6 Å². The Morgan fingerprint density at radius 3 is 2.52 bits per heavy atom. The number of hydrogen-bond acceptors (Lipinski definition) is 4. The highest BCUT2D eigenvalue weighted by molar-refractivity contribution is 6.50. The van der Waals surface area contributed by atoms with Crippen molar-refractivity contribution >= 4 is 44.8 Å². The lowest BCUT2D eigenvalue weighted by Gasteiger charge is -2.03. The van der Waals surface area contributed by atoms with Crippen molar-refractivity contribution in [3.8, 4) is 5.75 Å². The molecule has 0 radical (unpaired) electrons. The topological polar surface area (TPSA) is 84.3 Å². The molecule has 0 saturated heterocycles. The van der Waals surface area contributed by atoms with Gasteiger partial charge in [0.1, 0.15) is 11.3 Å². The molecule has 2 aromatic carbocycles. The van der Waals surface area contributed by atoms with Gasteiger partial charge in [-0.1, -0.05) is 18.2 Å². The predicted octanol–water partition coefficient (Wildman–Crippen LogP) is 3.49. The summed E-state index contributed by atoms with van der Waals surface area (Å²) in [6, 6.07) is 13.0. The van der Waals surface area contributed by atoms with Crippen LogP contribution in [0.15, 0.2) is 59.3 Å². The smallest absolute Gasteiger partial charge is 0.259 e. The van der Waals surface area contributed by atoms with Crippen molar-refractivity contribution in [3.05, 3.63) is 66.1 Å². The first kappa shape index (κ1) is 15.5. The average molecular weight is 358 g/mol. The van der Waals surface area contributed by atoms with E-state index in [-0.39, 0.29) is 0 Å². The molecule has 2 aromatic heterocycles. The fourth-order valence-electron chi connectivity index (χ4n) is 3.58. The van der Waals surface area contributed by atoms with E-state index in [0.29, 0.717) is 39.0 Å². The third-order valence-corrected chi connectivity index (χ3v) is 4.84. The number of H-pyrrole nitrogens is 1. The largest absolute Gasteiger partial charge is 0.497 e. The normalized spacial score (nSPS) is 14.4. The average Bonchev–Trinajstić information content (AvgIpc) is 3.36. The van der Waals surface area contributed by atoms with Crippen LogP contribution in [0.25, 0.3) is 33.0 Å². The van der Waals surface area contributed by atoms with Gasteiger partial charge in [-0.05, 0) is 24.3 Å². The highest BCUT2D eigenvalue weighted by Crippen LogP contribution is 2.38. The second-order valence-electron chi connectivity index (χ2n) is 6.29. The molecule has 6 heteroatoms. The number of carbonyl (C=O) groups is 2. The number of hydrogen-bond donors (Lipinski definition) is 2. The quantitative estimate of drug-likeness (QED) is 0.549. The summed E-state index contributed by atoms with van der Waals surface area (Å²) in [7, 11) is 1.57. The van der Waals surface area contributed by atoms with Crippen LogP contribution < -0.4 is 10.1 Å². The maximum absolute atomic E-state index is 12.7. The van der Waals surface area contributed by atoms with Gasteiger partial charge in [-0.15, -0.1) is 0 Å². The molecular weight excluding hydrogens is 344 g/mol. The first-order valence-electron chi connectivity index (χ1n) is 8.39. The van der Waals surface area contributed by atoms with Gasteiger partial charge in [0.15, 0.2) is 0 Å². The van der Waals surface area contributed by atoms with Crippen LogP contribution >= 0.6 is 0 Å². The summed E-state index contributed by atoms with van der Waals surface area (Å²) in [4.78, 5) is 28.4. The van der Waals surface area contributed by atoms with Crippen molar-refractivity contribution in [1.82, 2.24) is 10.3 Å². The number of imide groups is 1. The number of furan rings is 1. The van der Waals surface area contributed by atoms with E-state index >= 15 is 0 Å². The lowest BCUT2D eigenvalue weighted by molar-refractivity contribution is -0.122. The van der Waals surface area contributed by atoms with Gasteiger partial charge in [0.05, 0.1) is 24.5 Å². The Balaban J connectivity index is 1.82. The molecule has 0 fully saturated rings. The number of para-hydroxylation sites is 1. The molecule has 1 aliphatic rings. The minimum atomic E-state index is -0.439. The highest BCUT2D eigenvalue weighted by Gasteiger charge is 2.35. The van der Waals surface area contributed by atoms with Crippen molar-refractivity contribution < 1.29 is 18.7 Å². The van der Waals surface area contributed by atoms with Crippen LogP contribution in [0.1, 0.15) is 11.1 Å². The molecule has 1 aliphatic heterocycles.